The van der Waals surface area contributed by atoms with Gasteiger partial charge in [-0.15, -0.1) is 0 Å². The molecule has 1 atom stereocenters. The van der Waals surface area contributed by atoms with Gasteiger partial charge in [0, 0.05) is 0 Å². The summed E-state index contributed by atoms with van der Waals surface area (Å²) in [5.41, 5.74) is 5.63. The summed E-state index contributed by atoms with van der Waals surface area (Å²) < 4.78 is 5.47. The van der Waals surface area contributed by atoms with E-state index in [1.54, 1.807) is 0 Å². The van der Waals surface area contributed by atoms with Crippen molar-refractivity contribution in [2.45, 2.75) is 26.7 Å². The van der Waals surface area contributed by atoms with Gasteiger partial charge in [-0.2, -0.15) is 0 Å². The molecule has 1 aromatic heterocycles. The fourth-order valence-electron chi connectivity index (χ4n) is 1.33. The SMILES string of the molecule is CCCC(C)COc1cnc(C(=N)N)cn1. The van der Waals surface area contributed by atoms with Gasteiger partial charge in [0.1, 0.15) is 11.5 Å². The Bertz CT molecular complexity index is 336. The summed E-state index contributed by atoms with van der Waals surface area (Å²) in [7, 11) is 0. The predicted octanol–water partition coefficient (Wildman–Crippen LogP) is 1.58. The van der Waals surface area contributed by atoms with Crippen LogP contribution < -0.4 is 10.5 Å². The van der Waals surface area contributed by atoms with Gasteiger partial charge in [0.05, 0.1) is 19.0 Å². The summed E-state index contributed by atoms with van der Waals surface area (Å²) in [6.45, 7) is 4.93. The third-order valence-corrected chi connectivity index (χ3v) is 2.20. The third-order valence-electron chi connectivity index (χ3n) is 2.20. The summed E-state index contributed by atoms with van der Waals surface area (Å²) in [6, 6.07) is 0. The number of nitrogens with zero attached hydrogens (tertiary/aromatic N) is 2. The van der Waals surface area contributed by atoms with E-state index in [9.17, 15) is 0 Å². The molecule has 0 saturated heterocycles. The number of amidine groups is 1. The van der Waals surface area contributed by atoms with Gasteiger partial charge in [0.25, 0.3) is 0 Å². The number of ether oxygens (including phenoxy) is 1. The molecule has 0 aliphatic carbocycles. The van der Waals surface area contributed by atoms with Crippen LogP contribution in [0, 0.1) is 11.3 Å². The molecule has 0 aliphatic rings. The molecule has 16 heavy (non-hydrogen) atoms. The van der Waals surface area contributed by atoms with Gasteiger partial charge >= 0.3 is 0 Å². The van der Waals surface area contributed by atoms with E-state index >= 15 is 0 Å². The zero-order chi connectivity index (χ0) is 12.0. The predicted molar refractivity (Wildman–Crippen MR) is 62.6 cm³/mol. The van der Waals surface area contributed by atoms with Crippen molar-refractivity contribution in [3.8, 4) is 5.88 Å². The maximum absolute atomic E-state index is 7.17. The van der Waals surface area contributed by atoms with E-state index in [4.69, 9.17) is 15.9 Å². The molecule has 0 radical (unpaired) electrons. The van der Waals surface area contributed by atoms with Crippen LogP contribution in [0.5, 0.6) is 5.88 Å². The number of nitrogens with two attached hydrogens (primary N) is 1. The maximum Gasteiger partial charge on any atom is 0.232 e. The molecular weight excluding hydrogens is 204 g/mol. The summed E-state index contributed by atoms with van der Waals surface area (Å²) in [6.07, 6.45) is 5.23. The molecule has 88 valence electrons. The van der Waals surface area contributed by atoms with Crippen LogP contribution in [0.15, 0.2) is 12.4 Å². The van der Waals surface area contributed by atoms with Crippen LogP contribution >= 0.6 is 0 Å². The first-order valence-corrected chi connectivity index (χ1v) is 5.42. The number of hydrogen-bond acceptors (Lipinski definition) is 4. The Morgan fingerprint density at radius 3 is 2.75 bits per heavy atom. The minimum absolute atomic E-state index is 0.0848. The summed E-state index contributed by atoms with van der Waals surface area (Å²) in [5.74, 6) is 0.908. The van der Waals surface area contributed by atoms with Crippen molar-refractivity contribution in [2.24, 2.45) is 11.7 Å². The van der Waals surface area contributed by atoms with Crippen molar-refractivity contribution in [2.75, 3.05) is 6.61 Å². The first-order valence-electron chi connectivity index (χ1n) is 5.42. The number of aromatic nitrogens is 2. The van der Waals surface area contributed by atoms with E-state index in [-0.39, 0.29) is 5.84 Å². The highest BCUT2D eigenvalue weighted by molar-refractivity contribution is 5.92. The zero-order valence-electron chi connectivity index (χ0n) is 9.73. The largest absolute Gasteiger partial charge is 0.476 e. The molecule has 1 heterocycles. The monoisotopic (exact) mass is 222 g/mol. The van der Waals surface area contributed by atoms with Crippen molar-refractivity contribution < 1.29 is 4.74 Å². The molecule has 0 bridgehead atoms. The lowest BCUT2D eigenvalue weighted by Gasteiger charge is -2.10. The fourth-order valence-corrected chi connectivity index (χ4v) is 1.33. The lowest BCUT2D eigenvalue weighted by molar-refractivity contribution is 0.242. The van der Waals surface area contributed by atoms with Crippen molar-refractivity contribution in [3.63, 3.8) is 0 Å². The molecule has 1 unspecified atom stereocenters. The van der Waals surface area contributed by atoms with Crippen molar-refractivity contribution in [1.29, 1.82) is 5.41 Å². The van der Waals surface area contributed by atoms with Gasteiger partial charge in [-0.05, 0) is 12.3 Å². The second-order valence-electron chi connectivity index (χ2n) is 3.86. The Hall–Kier alpha value is -1.65. The fraction of sp³-hybridized carbons (Fsp3) is 0.545. The quantitative estimate of drug-likeness (QED) is 0.565. The molecule has 1 rings (SSSR count). The molecule has 0 saturated carbocycles. The maximum atomic E-state index is 7.17. The molecule has 0 amide bonds. The average Bonchev–Trinajstić information content (AvgIpc) is 2.27. The van der Waals surface area contributed by atoms with Gasteiger partial charge in [-0.25, -0.2) is 9.97 Å². The lowest BCUT2D eigenvalue weighted by Crippen LogP contribution is -2.14. The Morgan fingerprint density at radius 1 is 1.50 bits per heavy atom. The van der Waals surface area contributed by atoms with Crippen LogP contribution in [-0.2, 0) is 0 Å². The second-order valence-corrected chi connectivity index (χ2v) is 3.86. The zero-order valence-corrected chi connectivity index (χ0v) is 9.73. The molecular formula is C11H18N4O. The van der Waals surface area contributed by atoms with Crippen LogP contribution in [0.25, 0.3) is 0 Å². The van der Waals surface area contributed by atoms with Crippen LogP contribution in [0.2, 0.25) is 0 Å². The number of hydrogen-bond donors (Lipinski definition) is 2. The summed E-state index contributed by atoms with van der Waals surface area (Å²) in [5, 5.41) is 7.17. The highest BCUT2D eigenvalue weighted by atomic mass is 16.5. The molecule has 0 aliphatic heterocycles. The Kier molecular flexibility index (Phi) is 4.69. The van der Waals surface area contributed by atoms with E-state index < -0.39 is 0 Å². The van der Waals surface area contributed by atoms with Crippen LogP contribution in [0.4, 0.5) is 0 Å². The average molecular weight is 222 g/mol. The smallest absolute Gasteiger partial charge is 0.232 e. The van der Waals surface area contributed by atoms with Gasteiger partial charge in [0.15, 0.2) is 0 Å². The molecule has 3 N–H and O–H groups in total. The molecule has 5 nitrogen and oxygen atoms in total. The highest BCUT2D eigenvalue weighted by Gasteiger charge is 2.04. The molecule has 1 aromatic rings. The topological polar surface area (TPSA) is 84.9 Å². The van der Waals surface area contributed by atoms with E-state index in [0.717, 1.165) is 12.8 Å². The lowest BCUT2D eigenvalue weighted by atomic mass is 10.1. The number of nitrogens with one attached hydrogen (secondary N) is 1. The molecule has 5 heteroatoms. The van der Waals surface area contributed by atoms with Crippen LogP contribution in [0.3, 0.4) is 0 Å². The first kappa shape index (κ1) is 12.4. The summed E-state index contributed by atoms with van der Waals surface area (Å²) >= 11 is 0. The van der Waals surface area contributed by atoms with Gasteiger partial charge in [0.2, 0.25) is 5.88 Å². The number of rotatable bonds is 6. The van der Waals surface area contributed by atoms with Crippen molar-refractivity contribution in [1.82, 2.24) is 9.97 Å². The number of nitrogen functional groups attached to an aromatic ring is 1. The first-order chi connectivity index (χ1) is 7.63. The van der Waals surface area contributed by atoms with Crippen molar-refractivity contribution >= 4 is 5.84 Å². The van der Waals surface area contributed by atoms with Gasteiger partial charge in [-0.3, -0.25) is 5.41 Å². The van der Waals surface area contributed by atoms with Crippen LogP contribution in [0.1, 0.15) is 32.4 Å². The van der Waals surface area contributed by atoms with Crippen LogP contribution in [-0.4, -0.2) is 22.4 Å². The van der Waals surface area contributed by atoms with E-state index in [2.05, 4.69) is 23.8 Å². The molecule has 0 fully saturated rings. The molecule has 0 spiro atoms. The Labute approximate surface area is 95.6 Å². The standard InChI is InChI=1S/C11H18N4O/c1-3-4-8(2)7-16-10-6-14-9(5-15-10)11(12)13/h5-6,8H,3-4,7H2,1-2H3,(H3,12,13). The van der Waals surface area contributed by atoms with E-state index in [1.807, 2.05) is 0 Å². The minimum atomic E-state index is -0.0848. The Morgan fingerprint density at radius 2 is 2.25 bits per heavy atom. The van der Waals surface area contributed by atoms with Crippen molar-refractivity contribution in [3.05, 3.63) is 18.1 Å². The minimum Gasteiger partial charge on any atom is -0.476 e. The molecule has 0 aromatic carbocycles. The van der Waals surface area contributed by atoms with Gasteiger partial charge in [-0.1, -0.05) is 20.3 Å². The Balaban J connectivity index is 2.46. The van der Waals surface area contributed by atoms with Gasteiger partial charge < -0.3 is 10.5 Å². The highest BCUT2D eigenvalue weighted by Crippen LogP contribution is 2.09. The summed E-state index contributed by atoms with van der Waals surface area (Å²) in [4.78, 5) is 7.99. The third kappa shape index (κ3) is 3.84. The second kappa shape index (κ2) is 6.05. The van der Waals surface area contributed by atoms with E-state index in [1.165, 1.54) is 12.4 Å². The normalized spacial score (nSPS) is 12.1. The van der Waals surface area contributed by atoms with E-state index in [0.29, 0.717) is 24.1 Å².